The zero-order valence-electron chi connectivity index (χ0n) is 21.8. The van der Waals surface area contributed by atoms with Crippen LogP contribution in [0.1, 0.15) is 64.9 Å². The van der Waals surface area contributed by atoms with Gasteiger partial charge < -0.3 is 20.3 Å². The maximum Gasteiger partial charge on any atom is 0.408 e. The molecule has 0 bridgehead atoms. The van der Waals surface area contributed by atoms with Crippen molar-refractivity contribution in [3.63, 3.8) is 0 Å². The fourth-order valence-corrected chi connectivity index (χ4v) is 5.21. The number of carbonyl (C=O) groups excluding carboxylic acids is 2. The van der Waals surface area contributed by atoms with Crippen molar-refractivity contribution in [3.8, 4) is 17.2 Å². The summed E-state index contributed by atoms with van der Waals surface area (Å²) in [7, 11) is 0. The lowest BCUT2D eigenvalue weighted by molar-refractivity contribution is -0.129. The highest BCUT2D eigenvalue weighted by Gasteiger charge is 2.43. The van der Waals surface area contributed by atoms with Gasteiger partial charge in [0.1, 0.15) is 23.0 Å². The molecule has 0 radical (unpaired) electrons. The van der Waals surface area contributed by atoms with Gasteiger partial charge in [0.2, 0.25) is 5.91 Å². The third-order valence-electron chi connectivity index (χ3n) is 7.04. The van der Waals surface area contributed by atoms with Crippen molar-refractivity contribution >= 4 is 17.7 Å². The van der Waals surface area contributed by atoms with Gasteiger partial charge in [-0.2, -0.15) is 5.26 Å². The van der Waals surface area contributed by atoms with E-state index in [0.717, 1.165) is 42.5 Å². The second-order valence-corrected chi connectivity index (χ2v) is 11.0. The summed E-state index contributed by atoms with van der Waals surface area (Å²) >= 11 is 0. The van der Waals surface area contributed by atoms with Crippen molar-refractivity contribution in [2.45, 2.75) is 76.5 Å². The molecule has 1 aliphatic carbocycles. The summed E-state index contributed by atoms with van der Waals surface area (Å²) in [5.41, 5.74) is 1.41. The van der Waals surface area contributed by atoms with Crippen molar-refractivity contribution in [1.29, 1.82) is 5.26 Å². The van der Waals surface area contributed by atoms with Gasteiger partial charge in [0, 0.05) is 19.1 Å². The van der Waals surface area contributed by atoms with Crippen LogP contribution < -0.4 is 15.5 Å². The molecule has 7 nitrogen and oxygen atoms in total. The summed E-state index contributed by atoms with van der Waals surface area (Å²) in [5.74, 6) is -0.473. The van der Waals surface area contributed by atoms with Crippen LogP contribution in [0.4, 0.5) is 14.9 Å². The standard InChI is InChI=1S/C29H35FN4O3/c1-28(2,3)37-27(36)33-29(14-5-4-6-15-29)26(35)32-24-13-16-34(19-24)25-12-9-21(17-22(25)18-31)20-7-10-23(30)11-8-20/h7-12,17,24H,4-6,13-16,19H2,1-3H3,(H,32,35)(H,33,36)/t24-/m0/s1. The van der Waals surface area contributed by atoms with Gasteiger partial charge in [0.15, 0.2) is 0 Å². The molecule has 4 rings (SSSR count). The minimum Gasteiger partial charge on any atom is -0.444 e. The van der Waals surface area contributed by atoms with Crippen molar-refractivity contribution < 1.29 is 18.7 Å². The molecule has 8 heteroatoms. The molecule has 37 heavy (non-hydrogen) atoms. The Bertz CT molecular complexity index is 1180. The lowest BCUT2D eigenvalue weighted by atomic mass is 9.80. The summed E-state index contributed by atoms with van der Waals surface area (Å²) in [4.78, 5) is 28.2. The monoisotopic (exact) mass is 506 g/mol. The molecule has 2 fully saturated rings. The van der Waals surface area contributed by atoms with Crippen LogP contribution in [-0.2, 0) is 9.53 Å². The first-order valence-corrected chi connectivity index (χ1v) is 13.0. The summed E-state index contributed by atoms with van der Waals surface area (Å²) < 4.78 is 18.7. The number of halogens is 1. The van der Waals surface area contributed by atoms with Crippen LogP contribution >= 0.6 is 0 Å². The third kappa shape index (κ3) is 6.40. The Morgan fingerprint density at radius 2 is 1.76 bits per heavy atom. The Morgan fingerprint density at radius 3 is 2.41 bits per heavy atom. The van der Waals surface area contributed by atoms with E-state index in [-0.39, 0.29) is 17.8 Å². The van der Waals surface area contributed by atoms with Gasteiger partial charge >= 0.3 is 6.09 Å². The Hall–Kier alpha value is -3.60. The number of hydrogen-bond donors (Lipinski definition) is 2. The van der Waals surface area contributed by atoms with E-state index in [1.54, 1.807) is 32.9 Å². The number of anilines is 1. The molecular weight excluding hydrogens is 471 g/mol. The molecule has 1 saturated carbocycles. The molecule has 1 atom stereocenters. The molecule has 196 valence electrons. The number of hydrogen-bond acceptors (Lipinski definition) is 5. The molecule has 2 aromatic rings. The maximum atomic E-state index is 13.5. The van der Waals surface area contributed by atoms with Gasteiger partial charge in [0.25, 0.3) is 0 Å². The number of benzene rings is 2. The molecule has 0 unspecified atom stereocenters. The van der Waals surface area contributed by atoms with Crippen molar-refractivity contribution in [2.24, 2.45) is 0 Å². The van der Waals surface area contributed by atoms with E-state index < -0.39 is 17.2 Å². The average Bonchev–Trinajstić information content (AvgIpc) is 3.31. The number of amides is 2. The van der Waals surface area contributed by atoms with Gasteiger partial charge in [-0.3, -0.25) is 4.79 Å². The van der Waals surface area contributed by atoms with E-state index in [1.165, 1.54) is 12.1 Å². The second-order valence-electron chi connectivity index (χ2n) is 11.0. The van der Waals surface area contributed by atoms with E-state index >= 15 is 0 Å². The SMILES string of the molecule is CC(C)(C)OC(=O)NC1(C(=O)N[C@H]2CCN(c3ccc(-c4ccc(F)cc4)cc3C#N)C2)CCCCC1. The number of nitrogens with zero attached hydrogens (tertiary/aromatic N) is 2. The van der Waals surface area contributed by atoms with Crippen molar-refractivity contribution in [3.05, 3.63) is 53.8 Å². The second kappa shape index (κ2) is 10.8. The fourth-order valence-electron chi connectivity index (χ4n) is 5.21. The Kier molecular flexibility index (Phi) is 7.72. The van der Waals surface area contributed by atoms with Crippen LogP contribution in [0.25, 0.3) is 11.1 Å². The molecule has 2 amide bonds. The lowest BCUT2D eigenvalue weighted by Gasteiger charge is -2.37. The maximum absolute atomic E-state index is 13.5. The molecule has 2 aromatic carbocycles. The normalized spacial score (nSPS) is 19.1. The number of alkyl carbamates (subject to hydrolysis) is 1. The molecule has 2 aliphatic rings. The van der Waals surface area contributed by atoms with E-state index in [0.29, 0.717) is 31.5 Å². The van der Waals surface area contributed by atoms with Crippen LogP contribution in [0.2, 0.25) is 0 Å². The molecule has 2 N–H and O–H groups in total. The van der Waals surface area contributed by atoms with Gasteiger partial charge in [-0.25, -0.2) is 9.18 Å². The zero-order chi connectivity index (χ0) is 26.6. The zero-order valence-corrected chi connectivity index (χ0v) is 21.8. The van der Waals surface area contributed by atoms with Crippen LogP contribution in [0.5, 0.6) is 0 Å². The highest BCUT2D eigenvalue weighted by molar-refractivity contribution is 5.90. The van der Waals surface area contributed by atoms with Crippen molar-refractivity contribution in [1.82, 2.24) is 10.6 Å². The van der Waals surface area contributed by atoms with Crippen LogP contribution in [0, 0.1) is 17.1 Å². The third-order valence-corrected chi connectivity index (χ3v) is 7.04. The number of ether oxygens (including phenoxy) is 1. The van der Waals surface area contributed by atoms with Crippen LogP contribution in [0.3, 0.4) is 0 Å². The topological polar surface area (TPSA) is 94.5 Å². The summed E-state index contributed by atoms with van der Waals surface area (Å²) in [5, 5.41) is 15.9. The molecular formula is C29H35FN4O3. The fraction of sp³-hybridized carbons (Fsp3) is 0.483. The highest BCUT2D eigenvalue weighted by Crippen LogP contribution is 2.32. The molecule has 0 spiro atoms. The van der Waals surface area contributed by atoms with Gasteiger partial charge in [-0.15, -0.1) is 0 Å². The quantitative estimate of drug-likeness (QED) is 0.575. The van der Waals surface area contributed by atoms with Gasteiger partial charge in [-0.05, 0) is 75.4 Å². The lowest BCUT2D eigenvalue weighted by Crippen LogP contribution is -2.61. The van der Waals surface area contributed by atoms with Gasteiger partial charge in [-0.1, -0.05) is 37.5 Å². The number of rotatable bonds is 5. The van der Waals surface area contributed by atoms with Gasteiger partial charge in [0.05, 0.1) is 11.3 Å². The average molecular weight is 507 g/mol. The first kappa shape index (κ1) is 26.5. The first-order valence-electron chi connectivity index (χ1n) is 13.0. The Labute approximate surface area is 218 Å². The predicted octanol–water partition coefficient (Wildman–Crippen LogP) is 5.29. The number of carbonyl (C=O) groups is 2. The van der Waals surface area contributed by atoms with Crippen LogP contribution in [-0.4, -0.2) is 42.3 Å². The predicted molar refractivity (Wildman–Crippen MR) is 140 cm³/mol. The smallest absolute Gasteiger partial charge is 0.408 e. The minimum atomic E-state index is -0.970. The minimum absolute atomic E-state index is 0.102. The molecule has 1 saturated heterocycles. The van der Waals surface area contributed by atoms with E-state index in [4.69, 9.17) is 4.74 Å². The summed E-state index contributed by atoms with van der Waals surface area (Å²) in [6, 6.07) is 14.0. The number of nitrogens with one attached hydrogen (secondary N) is 2. The van der Waals surface area contributed by atoms with Crippen molar-refractivity contribution in [2.75, 3.05) is 18.0 Å². The highest BCUT2D eigenvalue weighted by atomic mass is 19.1. The summed E-state index contributed by atoms with van der Waals surface area (Å²) in [6.45, 7) is 6.67. The summed E-state index contributed by atoms with van der Waals surface area (Å²) in [6.07, 6.45) is 4.09. The molecule has 1 aliphatic heterocycles. The van der Waals surface area contributed by atoms with E-state index in [9.17, 15) is 19.2 Å². The molecule has 1 heterocycles. The first-order chi connectivity index (χ1) is 17.6. The Balaban J connectivity index is 1.44. The number of nitriles is 1. The Morgan fingerprint density at radius 1 is 1.08 bits per heavy atom. The van der Waals surface area contributed by atoms with E-state index in [2.05, 4.69) is 21.6 Å². The van der Waals surface area contributed by atoms with Crippen LogP contribution in [0.15, 0.2) is 42.5 Å². The molecule has 0 aromatic heterocycles. The van der Waals surface area contributed by atoms with E-state index in [1.807, 2.05) is 18.2 Å². The largest absolute Gasteiger partial charge is 0.444 e.